The topological polar surface area (TPSA) is 67.4 Å². The highest BCUT2D eigenvalue weighted by Gasteiger charge is 2.45. The average molecular weight is 290 g/mol. The molecule has 0 aliphatic heterocycles. The zero-order valence-corrected chi connectivity index (χ0v) is 12.8. The lowest BCUT2D eigenvalue weighted by Crippen LogP contribution is -2.59. The summed E-state index contributed by atoms with van der Waals surface area (Å²) in [6.07, 6.45) is 2.41. The molecule has 0 heterocycles. The zero-order valence-electron chi connectivity index (χ0n) is 12.8. The van der Waals surface area contributed by atoms with Crippen LogP contribution in [0.4, 0.5) is 5.69 Å². The molecule has 2 N–H and O–H groups in total. The number of carbonyl (C=O) groups is 2. The smallest absolute Gasteiger partial charge is 0.326 e. The van der Waals surface area contributed by atoms with Gasteiger partial charge in [-0.15, -0.1) is 0 Å². The van der Waals surface area contributed by atoms with Crippen molar-refractivity contribution in [3.63, 3.8) is 0 Å². The van der Waals surface area contributed by atoms with Crippen molar-refractivity contribution in [3.8, 4) is 0 Å². The van der Waals surface area contributed by atoms with Crippen molar-refractivity contribution >= 4 is 17.6 Å². The molecular weight excluding hydrogens is 268 g/mol. The molecule has 1 aliphatic carbocycles. The number of benzene rings is 1. The van der Waals surface area contributed by atoms with E-state index in [9.17, 15) is 9.59 Å². The molecule has 5 nitrogen and oxygen atoms in total. The number of carbonyl (C=O) groups excluding carboxylic acids is 2. The van der Waals surface area contributed by atoms with Crippen molar-refractivity contribution in [3.05, 3.63) is 29.3 Å². The SMILES string of the molecule is COC(=O)C1(NCC(=O)Nc2c(C)cccc2C)CCC1. The minimum atomic E-state index is -0.674. The summed E-state index contributed by atoms with van der Waals surface area (Å²) < 4.78 is 4.81. The summed E-state index contributed by atoms with van der Waals surface area (Å²) in [5.41, 5.74) is 2.21. The molecule has 0 atom stereocenters. The number of hydrogen-bond acceptors (Lipinski definition) is 4. The molecule has 0 saturated heterocycles. The number of rotatable bonds is 5. The third-order valence-corrected chi connectivity index (χ3v) is 4.12. The summed E-state index contributed by atoms with van der Waals surface area (Å²) in [5, 5.41) is 5.96. The van der Waals surface area contributed by atoms with Crippen LogP contribution in [0.1, 0.15) is 30.4 Å². The van der Waals surface area contributed by atoms with E-state index < -0.39 is 5.54 Å². The van der Waals surface area contributed by atoms with Crippen molar-refractivity contribution in [2.75, 3.05) is 19.0 Å². The van der Waals surface area contributed by atoms with Gasteiger partial charge in [0.25, 0.3) is 0 Å². The second-order valence-corrected chi connectivity index (χ2v) is 5.60. The van der Waals surface area contributed by atoms with Crippen molar-refractivity contribution in [1.82, 2.24) is 5.32 Å². The van der Waals surface area contributed by atoms with Crippen LogP contribution in [0.3, 0.4) is 0 Å². The number of methoxy groups -OCH3 is 1. The quantitative estimate of drug-likeness (QED) is 0.813. The largest absolute Gasteiger partial charge is 0.468 e. The molecule has 1 amide bonds. The number of para-hydroxylation sites is 1. The molecule has 21 heavy (non-hydrogen) atoms. The fraction of sp³-hybridized carbons (Fsp3) is 0.500. The first-order chi connectivity index (χ1) is 9.98. The highest BCUT2D eigenvalue weighted by atomic mass is 16.5. The number of esters is 1. The molecule has 0 aromatic heterocycles. The third kappa shape index (κ3) is 3.24. The van der Waals surface area contributed by atoms with Crippen LogP contribution in [0.15, 0.2) is 18.2 Å². The van der Waals surface area contributed by atoms with Crippen molar-refractivity contribution in [2.45, 2.75) is 38.6 Å². The molecule has 1 aromatic carbocycles. The average Bonchev–Trinajstić information content (AvgIpc) is 2.41. The van der Waals surface area contributed by atoms with Gasteiger partial charge in [-0.05, 0) is 44.2 Å². The molecule has 1 aromatic rings. The van der Waals surface area contributed by atoms with E-state index in [0.717, 1.165) is 36.1 Å². The molecule has 0 spiro atoms. The first-order valence-electron chi connectivity index (χ1n) is 7.18. The predicted octanol–water partition coefficient (Wildman–Crippen LogP) is 1.93. The Bertz CT molecular complexity index is 530. The molecule has 0 unspecified atom stereocenters. The lowest BCUT2D eigenvalue weighted by Gasteiger charge is -2.39. The summed E-state index contributed by atoms with van der Waals surface area (Å²) in [4.78, 5) is 23.9. The van der Waals surface area contributed by atoms with Gasteiger partial charge in [-0.3, -0.25) is 14.9 Å². The van der Waals surface area contributed by atoms with Crippen molar-refractivity contribution in [2.24, 2.45) is 0 Å². The number of nitrogens with one attached hydrogen (secondary N) is 2. The Morgan fingerprint density at radius 3 is 2.33 bits per heavy atom. The van der Waals surface area contributed by atoms with Crippen LogP contribution in [0, 0.1) is 13.8 Å². The van der Waals surface area contributed by atoms with Gasteiger partial charge in [0.2, 0.25) is 5.91 Å². The fourth-order valence-electron chi connectivity index (χ4n) is 2.62. The van der Waals surface area contributed by atoms with Crippen LogP contribution in [0.2, 0.25) is 0 Å². The summed E-state index contributed by atoms with van der Waals surface area (Å²) in [7, 11) is 1.38. The Balaban J connectivity index is 1.95. The van der Waals surface area contributed by atoms with E-state index in [0.29, 0.717) is 0 Å². The first kappa shape index (κ1) is 15.5. The highest BCUT2D eigenvalue weighted by molar-refractivity contribution is 5.94. The van der Waals surface area contributed by atoms with Gasteiger partial charge in [0.1, 0.15) is 5.54 Å². The van der Waals surface area contributed by atoms with Gasteiger partial charge in [-0.25, -0.2) is 0 Å². The van der Waals surface area contributed by atoms with Crippen LogP contribution >= 0.6 is 0 Å². The second-order valence-electron chi connectivity index (χ2n) is 5.60. The number of amides is 1. The van der Waals surface area contributed by atoms with Crippen LogP contribution in [-0.4, -0.2) is 31.1 Å². The summed E-state index contributed by atoms with van der Waals surface area (Å²) in [5.74, 6) is -0.434. The zero-order chi connectivity index (χ0) is 15.5. The standard InChI is InChI=1S/C16H22N2O3/c1-11-6-4-7-12(2)14(11)18-13(19)10-17-16(8-5-9-16)15(20)21-3/h4,6-7,17H,5,8-10H2,1-3H3,(H,18,19). The molecule has 114 valence electrons. The minimum Gasteiger partial charge on any atom is -0.468 e. The third-order valence-electron chi connectivity index (χ3n) is 4.12. The first-order valence-corrected chi connectivity index (χ1v) is 7.18. The number of hydrogen-bond donors (Lipinski definition) is 2. The van der Waals surface area contributed by atoms with Crippen LogP contribution < -0.4 is 10.6 Å². The van der Waals surface area contributed by atoms with Gasteiger partial charge < -0.3 is 10.1 Å². The van der Waals surface area contributed by atoms with E-state index in [1.807, 2.05) is 32.0 Å². The maximum atomic E-state index is 12.1. The van der Waals surface area contributed by atoms with E-state index in [1.54, 1.807) is 0 Å². The van der Waals surface area contributed by atoms with Crippen LogP contribution in [-0.2, 0) is 14.3 Å². The molecule has 1 fully saturated rings. The second kappa shape index (κ2) is 6.26. The van der Waals surface area contributed by atoms with E-state index in [2.05, 4.69) is 10.6 Å². The molecule has 1 aliphatic rings. The van der Waals surface area contributed by atoms with Crippen LogP contribution in [0.25, 0.3) is 0 Å². The Hall–Kier alpha value is -1.88. The fourth-order valence-corrected chi connectivity index (χ4v) is 2.62. The number of aryl methyl sites for hydroxylation is 2. The van der Waals surface area contributed by atoms with E-state index in [1.165, 1.54) is 7.11 Å². The summed E-state index contributed by atoms with van der Waals surface area (Å²) in [6.45, 7) is 4.01. The van der Waals surface area contributed by atoms with Gasteiger partial charge in [-0.1, -0.05) is 18.2 Å². The van der Waals surface area contributed by atoms with Crippen LogP contribution in [0.5, 0.6) is 0 Å². The molecule has 0 radical (unpaired) electrons. The molecular formula is C16H22N2O3. The van der Waals surface area contributed by atoms with Gasteiger partial charge in [0.15, 0.2) is 0 Å². The summed E-state index contributed by atoms with van der Waals surface area (Å²) in [6, 6.07) is 5.87. The van der Waals surface area contributed by atoms with Gasteiger partial charge in [0.05, 0.1) is 13.7 Å². The Morgan fingerprint density at radius 2 is 1.86 bits per heavy atom. The monoisotopic (exact) mass is 290 g/mol. The maximum Gasteiger partial charge on any atom is 0.326 e. The number of anilines is 1. The molecule has 1 saturated carbocycles. The number of ether oxygens (including phenoxy) is 1. The predicted molar refractivity (Wildman–Crippen MR) is 81.1 cm³/mol. The van der Waals surface area contributed by atoms with Crippen molar-refractivity contribution in [1.29, 1.82) is 0 Å². The maximum absolute atomic E-state index is 12.1. The molecule has 5 heteroatoms. The Kier molecular flexibility index (Phi) is 4.63. The molecule has 2 rings (SSSR count). The van der Waals surface area contributed by atoms with E-state index in [-0.39, 0.29) is 18.4 Å². The highest BCUT2D eigenvalue weighted by Crippen LogP contribution is 2.32. The van der Waals surface area contributed by atoms with Gasteiger partial charge >= 0.3 is 5.97 Å². The van der Waals surface area contributed by atoms with E-state index >= 15 is 0 Å². The van der Waals surface area contributed by atoms with Gasteiger partial charge in [-0.2, -0.15) is 0 Å². The molecule has 0 bridgehead atoms. The Labute approximate surface area is 125 Å². The Morgan fingerprint density at radius 1 is 1.24 bits per heavy atom. The summed E-state index contributed by atoms with van der Waals surface area (Å²) >= 11 is 0. The minimum absolute atomic E-state index is 0.100. The van der Waals surface area contributed by atoms with E-state index in [4.69, 9.17) is 4.74 Å². The van der Waals surface area contributed by atoms with Crippen molar-refractivity contribution < 1.29 is 14.3 Å². The lowest BCUT2D eigenvalue weighted by atomic mass is 9.76. The normalized spacial score (nSPS) is 16.0. The van der Waals surface area contributed by atoms with Gasteiger partial charge in [0, 0.05) is 5.69 Å². The lowest BCUT2D eigenvalue weighted by molar-refractivity contribution is -0.152.